The highest BCUT2D eigenvalue weighted by Crippen LogP contribution is 2.24. The molecule has 6 nitrogen and oxygen atoms in total. The predicted molar refractivity (Wildman–Crippen MR) is 129 cm³/mol. The Morgan fingerprint density at radius 2 is 1.73 bits per heavy atom. The molecule has 3 rings (SSSR count). The van der Waals surface area contributed by atoms with E-state index in [2.05, 4.69) is 24.5 Å². The van der Waals surface area contributed by atoms with Crippen LogP contribution in [0.1, 0.15) is 53.6 Å². The lowest BCUT2D eigenvalue weighted by atomic mass is 9.96. The molecule has 0 saturated carbocycles. The van der Waals surface area contributed by atoms with Crippen molar-refractivity contribution >= 4 is 17.9 Å². The third-order valence-corrected chi connectivity index (χ3v) is 5.17. The van der Waals surface area contributed by atoms with Gasteiger partial charge in [-0.1, -0.05) is 43.7 Å². The van der Waals surface area contributed by atoms with E-state index in [-0.39, 0.29) is 17.6 Å². The Morgan fingerprint density at radius 3 is 2.30 bits per heavy atom. The SMILES string of the molecule is COc1ccc([C@H](CC(C)C)NC(=O)/C(=C/c2ccco2)NC(=O)c2ccc(C)cc2)cc1. The fourth-order valence-electron chi connectivity index (χ4n) is 3.40. The van der Waals surface area contributed by atoms with Crippen molar-refractivity contribution in [3.05, 3.63) is 95.1 Å². The topological polar surface area (TPSA) is 80.6 Å². The average Bonchev–Trinajstić information content (AvgIpc) is 3.31. The monoisotopic (exact) mass is 446 g/mol. The van der Waals surface area contributed by atoms with Gasteiger partial charge in [0.15, 0.2) is 0 Å². The molecule has 2 aromatic carbocycles. The minimum atomic E-state index is -0.395. The molecule has 0 spiro atoms. The molecule has 0 aliphatic heterocycles. The first kappa shape index (κ1) is 23.9. The molecular formula is C27H30N2O4. The summed E-state index contributed by atoms with van der Waals surface area (Å²) < 4.78 is 10.6. The quantitative estimate of drug-likeness (QED) is 0.439. The molecule has 1 aromatic heterocycles. The molecule has 0 unspecified atom stereocenters. The summed E-state index contributed by atoms with van der Waals surface area (Å²) in [5.74, 6) is 0.796. The molecule has 0 saturated heterocycles. The van der Waals surface area contributed by atoms with E-state index < -0.39 is 5.91 Å². The van der Waals surface area contributed by atoms with Crippen molar-refractivity contribution < 1.29 is 18.7 Å². The molecule has 1 heterocycles. The highest BCUT2D eigenvalue weighted by Gasteiger charge is 2.21. The van der Waals surface area contributed by atoms with Gasteiger partial charge in [0.05, 0.1) is 19.4 Å². The fourth-order valence-corrected chi connectivity index (χ4v) is 3.40. The summed E-state index contributed by atoms with van der Waals surface area (Å²) >= 11 is 0. The summed E-state index contributed by atoms with van der Waals surface area (Å²) in [7, 11) is 1.62. The molecule has 0 bridgehead atoms. The number of hydrogen-bond acceptors (Lipinski definition) is 4. The second-order valence-corrected chi connectivity index (χ2v) is 8.32. The first-order valence-electron chi connectivity index (χ1n) is 10.9. The Bertz CT molecular complexity index is 1080. The highest BCUT2D eigenvalue weighted by atomic mass is 16.5. The molecule has 3 aromatic rings. The van der Waals surface area contributed by atoms with E-state index in [0.717, 1.165) is 23.3 Å². The van der Waals surface area contributed by atoms with Crippen LogP contribution in [-0.2, 0) is 4.79 Å². The van der Waals surface area contributed by atoms with E-state index in [1.165, 1.54) is 12.3 Å². The van der Waals surface area contributed by atoms with Gasteiger partial charge in [0.2, 0.25) is 0 Å². The number of nitrogens with one attached hydrogen (secondary N) is 2. The summed E-state index contributed by atoms with van der Waals surface area (Å²) in [6.45, 7) is 6.15. The van der Waals surface area contributed by atoms with Crippen LogP contribution in [0.4, 0.5) is 0 Å². The number of benzene rings is 2. The zero-order chi connectivity index (χ0) is 23.8. The number of aryl methyl sites for hydroxylation is 1. The summed E-state index contributed by atoms with van der Waals surface area (Å²) in [5, 5.41) is 5.83. The van der Waals surface area contributed by atoms with Crippen LogP contribution in [0.5, 0.6) is 5.75 Å². The van der Waals surface area contributed by atoms with Gasteiger partial charge in [-0.2, -0.15) is 0 Å². The second-order valence-electron chi connectivity index (χ2n) is 8.32. The molecule has 6 heteroatoms. The third kappa shape index (κ3) is 6.84. The number of ether oxygens (including phenoxy) is 1. The minimum absolute atomic E-state index is 0.109. The van der Waals surface area contributed by atoms with Crippen LogP contribution in [0, 0.1) is 12.8 Å². The van der Waals surface area contributed by atoms with Crippen molar-refractivity contribution in [1.29, 1.82) is 0 Å². The van der Waals surface area contributed by atoms with Gasteiger partial charge < -0.3 is 19.8 Å². The first-order chi connectivity index (χ1) is 15.9. The highest BCUT2D eigenvalue weighted by molar-refractivity contribution is 6.05. The molecule has 2 N–H and O–H groups in total. The van der Waals surface area contributed by atoms with E-state index in [1.807, 2.05) is 43.3 Å². The van der Waals surface area contributed by atoms with Gasteiger partial charge in [0.25, 0.3) is 11.8 Å². The van der Waals surface area contributed by atoms with Crippen LogP contribution in [0.3, 0.4) is 0 Å². The van der Waals surface area contributed by atoms with Gasteiger partial charge in [-0.25, -0.2) is 0 Å². The summed E-state index contributed by atoms with van der Waals surface area (Å²) in [4.78, 5) is 26.1. The maximum atomic E-state index is 13.3. The summed E-state index contributed by atoms with van der Waals surface area (Å²) in [5.41, 5.74) is 2.58. The lowest BCUT2D eigenvalue weighted by Gasteiger charge is -2.22. The molecule has 0 aliphatic carbocycles. The second kappa shape index (κ2) is 11.2. The minimum Gasteiger partial charge on any atom is -0.497 e. The fraction of sp³-hybridized carbons (Fsp3) is 0.259. The van der Waals surface area contributed by atoms with Crippen LogP contribution in [-0.4, -0.2) is 18.9 Å². The standard InChI is InChI=1S/C27H30N2O4/c1-18(2)16-24(20-11-13-22(32-4)14-12-20)28-27(31)25(17-23-6-5-15-33-23)29-26(30)21-9-7-19(3)8-10-21/h5-15,17-18,24H,16H2,1-4H3,(H,28,31)(H,29,30)/b25-17-/t24-/m0/s1. The zero-order valence-corrected chi connectivity index (χ0v) is 19.4. The average molecular weight is 447 g/mol. The Morgan fingerprint density at radius 1 is 1.03 bits per heavy atom. The van der Waals surface area contributed by atoms with Crippen molar-refractivity contribution in [3.63, 3.8) is 0 Å². The zero-order valence-electron chi connectivity index (χ0n) is 19.4. The number of amides is 2. The van der Waals surface area contributed by atoms with Crippen LogP contribution in [0.2, 0.25) is 0 Å². The smallest absolute Gasteiger partial charge is 0.268 e. The van der Waals surface area contributed by atoms with Gasteiger partial charge >= 0.3 is 0 Å². The number of rotatable bonds is 9. The summed E-state index contributed by atoms with van der Waals surface area (Å²) in [6.07, 6.45) is 3.78. The lowest BCUT2D eigenvalue weighted by molar-refractivity contribution is -0.118. The Hall–Kier alpha value is -3.80. The molecular weight excluding hydrogens is 416 g/mol. The molecule has 2 amide bonds. The number of carbonyl (C=O) groups is 2. The van der Waals surface area contributed by atoms with Gasteiger partial charge in [-0.05, 0) is 61.2 Å². The third-order valence-electron chi connectivity index (χ3n) is 5.17. The van der Waals surface area contributed by atoms with Crippen molar-refractivity contribution in [2.24, 2.45) is 5.92 Å². The van der Waals surface area contributed by atoms with Crippen LogP contribution in [0.15, 0.2) is 77.0 Å². The molecule has 0 fully saturated rings. The van der Waals surface area contributed by atoms with Crippen LogP contribution < -0.4 is 15.4 Å². The van der Waals surface area contributed by atoms with E-state index in [1.54, 1.807) is 31.4 Å². The number of methoxy groups -OCH3 is 1. The van der Waals surface area contributed by atoms with E-state index in [9.17, 15) is 9.59 Å². The van der Waals surface area contributed by atoms with E-state index in [4.69, 9.17) is 9.15 Å². The van der Waals surface area contributed by atoms with Crippen molar-refractivity contribution in [2.45, 2.75) is 33.2 Å². The Kier molecular flexibility index (Phi) is 8.08. The number of hydrogen-bond donors (Lipinski definition) is 2. The first-order valence-corrected chi connectivity index (χ1v) is 10.9. The molecule has 0 radical (unpaired) electrons. The largest absolute Gasteiger partial charge is 0.497 e. The molecule has 1 atom stereocenters. The summed E-state index contributed by atoms with van der Waals surface area (Å²) in [6, 6.07) is 18.0. The Labute approximate surface area is 194 Å². The van der Waals surface area contributed by atoms with Crippen molar-refractivity contribution in [2.75, 3.05) is 7.11 Å². The van der Waals surface area contributed by atoms with Gasteiger partial charge in [-0.15, -0.1) is 0 Å². The van der Waals surface area contributed by atoms with Crippen molar-refractivity contribution in [3.8, 4) is 5.75 Å². The lowest BCUT2D eigenvalue weighted by Crippen LogP contribution is -2.37. The normalized spacial score (nSPS) is 12.3. The van der Waals surface area contributed by atoms with E-state index >= 15 is 0 Å². The van der Waals surface area contributed by atoms with Crippen molar-refractivity contribution in [1.82, 2.24) is 10.6 Å². The van der Waals surface area contributed by atoms with Crippen LogP contribution >= 0.6 is 0 Å². The number of furan rings is 1. The van der Waals surface area contributed by atoms with Gasteiger partial charge in [0.1, 0.15) is 17.2 Å². The molecule has 172 valence electrons. The van der Waals surface area contributed by atoms with Crippen LogP contribution in [0.25, 0.3) is 6.08 Å². The van der Waals surface area contributed by atoms with E-state index in [0.29, 0.717) is 17.2 Å². The molecule has 33 heavy (non-hydrogen) atoms. The Balaban J connectivity index is 1.85. The number of carbonyl (C=O) groups excluding carboxylic acids is 2. The predicted octanol–water partition coefficient (Wildman–Crippen LogP) is 5.27. The van der Waals surface area contributed by atoms with Gasteiger partial charge in [0, 0.05) is 11.6 Å². The molecule has 0 aliphatic rings. The maximum Gasteiger partial charge on any atom is 0.268 e. The van der Waals surface area contributed by atoms with Gasteiger partial charge in [-0.3, -0.25) is 9.59 Å². The maximum absolute atomic E-state index is 13.3.